The number of rotatable bonds is 8. The molecule has 2 rings (SSSR count). The summed E-state index contributed by atoms with van der Waals surface area (Å²) in [6.07, 6.45) is 3.66. The van der Waals surface area contributed by atoms with Gasteiger partial charge in [0.05, 0.1) is 6.26 Å². The van der Waals surface area contributed by atoms with Crippen molar-refractivity contribution in [1.82, 2.24) is 10.6 Å². The Hall–Kier alpha value is -1.02. The summed E-state index contributed by atoms with van der Waals surface area (Å²) < 4.78 is 5.33. The predicted molar refractivity (Wildman–Crippen MR) is 109 cm³/mol. The van der Waals surface area contributed by atoms with E-state index < -0.39 is 0 Å². The SMILES string of the molecule is CCNC(=NCC(C)Cc1cccs1)NCCc1ccco1.I. The van der Waals surface area contributed by atoms with Gasteiger partial charge in [0.1, 0.15) is 5.76 Å². The molecule has 2 aromatic heterocycles. The summed E-state index contributed by atoms with van der Waals surface area (Å²) in [7, 11) is 0. The summed E-state index contributed by atoms with van der Waals surface area (Å²) in [6, 6.07) is 8.21. The van der Waals surface area contributed by atoms with Crippen molar-refractivity contribution in [3.05, 3.63) is 46.5 Å². The number of nitrogens with zero attached hydrogens (tertiary/aromatic N) is 1. The lowest BCUT2D eigenvalue weighted by Gasteiger charge is -2.12. The molecule has 2 N–H and O–H groups in total. The van der Waals surface area contributed by atoms with Crippen LogP contribution in [0.2, 0.25) is 0 Å². The molecule has 0 saturated heterocycles. The summed E-state index contributed by atoms with van der Waals surface area (Å²) >= 11 is 1.82. The number of thiophene rings is 1. The number of nitrogens with one attached hydrogen (secondary N) is 2. The Labute approximate surface area is 159 Å². The normalized spacial score (nSPS) is 12.5. The average Bonchev–Trinajstić information content (AvgIpc) is 3.18. The lowest BCUT2D eigenvalue weighted by molar-refractivity contribution is 0.506. The van der Waals surface area contributed by atoms with Crippen molar-refractivity contribution in [2.45, 2.75) is 26.7 Å². The van der Waals surface area contributed by atoms with E-state index in [9.17, 15) is 0 Å². The van der Waals surface area contributed by atoms with Gasteiger partial charge in [-0.25, -0.2) is 0 Å². The summed E-state index contributed by atoms with van der Waals surface area (Å²) in [5.74, 6) is 2.42. The molecule has 2 aromatic rings. The van der Waals surface area contributed by atoms with Gasteiger partial charge in [-0.3, -0.25) is 4.99 Å². The fourth-order valence-electron chi connectivity index (χ4n) is 2.18. The van der Waals surface area contributed by atoms with E-state index in [1.165, 1.54) is 4.88 Å². The molecular weight excluding hydrogens is 421 g/mol. The van der Waals surface area contributed by atoms with Crippen molar-refractivity contribution in [3.8, 4) is 0 Å². The van der Waals surface area contributed by atoms with E-state index in [2.05, 4.69) is 47.0 Å². The Kier molecular flexibility index (Phi) is 10.0. The van der Waals surface area contributed by atoms with Crippen molar-refractivity contribution < 1.29 is 4.42 Å². The first-order chi connectivity index (χ1) is 10.8. The fraction of sp³-hybridized carbons (Fsp3) is 0.471. The maximum atomic E-state index is 5.33. The minimum absolute atomic E-state index is 0. The lowest BCUT2D eigenvalue weighted by Crippen LogP contribution is -2.38. The van der Waals surface area contributed by atoms with Crippen molar-refractivity contribution in [1.29, 1.82) is 0 Å². The monoisotopic (exact) mass is 447 g/mol. The topological polar surface area (TPSA) is 49.6 Å². The Morgan fingerprint density at radius 2 is 2.17 bits per heavy atom. The van der Waals surface area contributed by atoms with Crippen LogP contribution >= 0.6 is 35.3 Å². The van der Waals surface area contributed by atoms with E-state index in [0.29, 0.717) is 5.92 Å². The third-order valence-corrected chi connectivity index (χ3v) is 4.18. The molecule has 1 unspecified atom stereocenters. The van der Waals surface area contributed by atoms with Crippen molar-refractivity contribution in [3.63, 3.8) is 0 Å². The molecule has 6 heteroatoms. The first-order valence-electron chi connectivity index (χ1n) is 7.85. The number of aliphatic imine (C=N–C) groups is 1. The van der Waals surface area contributed by atoms with Gasteiger partial charge in [-0.1, -0.05) is 13.0 Å². The number of hydrogen-bond acceptors (Lipinski definition) is 3. The second-order valence-electron chi connectivity index (χ2n) is 5.36. The van der Waals surface area contributed by atoms with Crippen molar-refractivity contribution in [2.24, 2.45) is 10.9 Å². The minimum atomic E-state index is 0. The molecule has 0 aliphatic carbocycles. The molecule has 2 heterocycles. The highest BCUT2D eigenvalue weighted by molar-refractivity contribution is 14.0. The third-order valence-electron chi connectivity index (χ3n) is 3.28. The number of hydrogen-bond donors (Lipinski definition) is 2. The van der Waals surface area contributed by atoms with E-state index in [4.69, 9.17) is 4.42 Å². The predicted octanol–water partition coefficient (Wildman–Crippen LogP) is 3.94. The average molecular weight is 447 g/mol. The Morgan fingerprint density at radius 1 is 1.30 bits per heavy atom. The Morgan fingerprint density at radius 3 is 2.83 bits per heavy atom. The zero-order chi connectivity index (χ0) is 15.6. The van der Waals surface area contributed by atoms with Crippen LogP contribution in [0.5, 0.6) is 0 Å². The molecule has 4 nitrogen and oxygen atoms in total. The van der Waals surface area contributed by atoms with Gasteiger partial charge in [-0.05, 0) is 42.8 Å². The standard InChI is InChI=1S/C17H25N3OS.HI/c1-3-18-17(19-9-8-15-6-4-10-21-15)20-13-14(2)12-16-7-5-11-22-16;/h4-7,10-11,14H,3,8-9,12-13H2,1-2H3,(H2,18,19,20);1H. The van der Waals surface area contributed by atoms with E-state index in [1.54, 1.807) is 6.26 Å². The fourth-order valence-corrected chi connectivity index (χ4v) is 3.05. The Balaban J connectivity index is 0.00000264. The molecule has 0 aliphatic rings. The molecular formula is C17H26IN3OS. The minimum Gasteiger partial charge on any atom is -0.469 e. The molecule has 0 spiro atoms. The number of guanidine groups is 1. The summed E-state index contributed by atoms with van der Waals surface area (Å²) in [5.41, 5.74) is 0. The van der Waals surface area contributed by atoms with E-state index in [0.717, 1.165) is 44.2 Å². The number of furan rings is 1. The molecule has 23 heavy (non-hydrogen) atoms. The highest BCUT2D eigenvalue weighted by Gasteiger charge is 2.05. The van der Waals surface area contributed by atoms with Crippen LogP contribution in [0.25, 0.3) is 0 Å². The van der Waals surface area contributed by atoms with Crippen LogP contribution in [0.3, 0.4) is 0 Å². The molecule has 0 amide bonds. The highest BCUT2D eigenvalue weighted by Crippen LogP contribution is 2.14. The van der Waals surface area contributed by atoms with Crippen LogP contribution < -0.4 is 10.6 Å². The molecule has 0 radical (unpaired) electrons. The van der Waals surface area contributed by atoms with Crippen LogP contribution in [0.1, 0.15) is 24.5 Å². The second-order valence-corrected chi connectivity index (χ2v) is 6.40. The largest absolute Gasteiger partial charge is 0.469 e. The zero-order valence-electron chi connectivity index (χ0n) is 13.7. The maximum absolute atomic E-state index is 5.33. The lowest BCUT2D eigenvalue weighted by atomic mass is 10.1. The third kappa shape index (κ3) is 7.87. The van der Waals surface area contributed by atoms with Gasteiger partial charge < -0.3 is 15.1 Å². The molecule has 0 saturated carbocycles. The molecule has 0 aromatic carbocycles. The highest BCUT2D eigenvalue weighted by atomic mass is 127. The van der Waals surface area contributed by atoms with Crippen LogP contribution in [0, 0.1) is 5.92 Å². The summed E-state index contributed by atoms with van der Waals surface area (Å²) in [6.45, 7) is 6.84. The Bertz CT molecular complexity index is 540. The van der Waals surface area contributed by atoms with Gasteiger partial charge >= 0.3 is 0 Å². The first-order valence-corrected chi connectivity index (χ1v) is 8.72. The maximum Gasteiger partial charge on any atom is 0.191 e. The molecule has 0 aliphatic heterocycles. The van der Waals surface area contributed by atoms with Gasteiger partial charge in [0.25, 0.3) is 0 Å². The van der Waals surface area contributed by atoms with Crippen LogP contribution in [-0.2, 0) is 12.8 Å². The molecule has 0 fully saturated rings. The first kappa shape index (κ1) is 20.0. The molecule has 128 valence electrons. The van der Waals surface area contributed by atoms with Gasteiger partial charge in [-0.2, -0.15) is 0 Å². The molecule has 0 bridgehead atoms. The van der Waals surface area contributed by atoms with Gasteiger partial charge in [0, 0.05) is 30.9 Å². The van der Waals surface area contributed by atoms with Gasteiger partial charge in [0.2, 0.25) is 0 Å². The molecule has 1 atom stereocenters. The summed E-state index contributed by atoms with van der Waals surface area (Å²) in [5, 5.41) is 8.77. The van der Waals surface area contributed by atoms with Crippen LogP contribution in [0.15, 0.2) is 45.3 Å². The van der Waals surface area contributed by atoms with E-state index in [-0.39, 0.29) is 24.0 Å². The van der Waals surface area contributed by atoms with Crippen LogP contribution in [0.4, 0.5) is 0 Å². The van der Waals surface area contributed by atoms with Gasteiger partial charge in [0.15, 0.2) is 5.96 Å². The summed E-state index contributed by atoms with van der Waals surface area (Å²) in [4.78, 5) is 6.11. The zero-order valence-corrected chi connectivity index (χ0v) is 16.9. The van der Waals surface area contributed by atoms with Crippen molar-refractivity contribution >= 4 is 41.3 Å². The van der Waals surface area contributed by atoms with Crippen LogP contribution in [-0.4, -0.2) is 25.6 Å². The number of halogens is 1. The van der Waals surface area contributed by atoms with E-state index in [1.807, 2.05) is 23.5 Å². The van der Waals surface area contributed by atoms with Gasteiger partial charge in [-0.15, -0.1) is 35.3 Å². The second kappa shape index (κ2) is 11.5. The quantitative estimate of drug-likeness (QED) is 0.366. The smallest absolute Gasteiger partial charge is 0.191 e. The van der Waals surface area contributed by atoms with E-state index >= 15 is 0 Å². The van der Waals surface area contributed by atoms with Crippen molar-refractivity contribution in [2.75, 3.05) is 19.6 Å².